The molecule has 7 nitrogen and oxygen atoms in total. The van der Waals surface area contributed by atoms with Gasteiger partial charge in [0, 0.05) is 24.0 Å². The Labute approximate surface area is 157 Å². The van der Waals surface area contributed by atoms with Crippen molar-refractivity contribution in [1.82, 2.24) is 14.8 Å². The number of rotatable bonds is 7. The van der Waals surface area contributed by atoms with Crippen molar-refractivity contribution in [3.8, 4) is 0 Å². The fraction of sp³-hybridized carbons (Fsp3) is 0.294. The molecule has 2 rings (SSSR count). The third-order valence-electron chi connectivity index (χ3n) is 3.80. The van der Waals surface area contributed by atoms with Crippen LogP contribution in [0.5, 0.6) is 0 Å². The normalized spacial score (nSPS) is 13.0. The Morgan fingerprint density at radius 1 is 1.27 bits per heavy atom. The predicted molar refractivity (Wildman–Crippen MR) is 97.0 cm³/mol. The lowest BCUT2D eigenvalue weighted by molar-refractivity contribution is -0.134. The van der Waals surface area contributed by atoms with Gasteiger partial charge in [0.15, 0.2) is 0 Å². The van der Waals surface area contributed by atoms with Crippen LogP contribution in [-0.4, -0.2) is 34.9 Å². The van der Waals surface area contributed by atoms with Crippen LogP contribution in [0.2, 0.25) is 5.02 Å². The van der Waals surface area contributed by atoms with Crippen molar-refractivity contribution in [1.29, 1.82) is 0 Å². The largest absolute Gasteiger partial charge is 0.289 e. The molecule has 140 valence electrons. The first-order valence-corrected chi connectivity index (χ1v) is 9.69. The number of amides is 1. The van der Waals surface area contributed by atoms with Crippen LogP contribution in [0.25, 0.3) is 0 Å². The average Bonchev–Trinajstić information content (AvgIpc) is 2.62. The maximum absolute atomic E-state index is 13.2. The van der Waals surface area contributed by atoms with Crippen LogP contribution < -0.4 is 5.48 Å². The Kier molecular flexibility index (Phi) is 6.71. The van der Waals surface area contributed by atoms with Gasteiger partial charge in [-0.3, -0.25) is 15.0 Å². The molecule has 0 radical (unpaired) electrons. The summed E-state index contributed by atoms with van der Waals surface area (Å²) in [4.78, 5) is 16.2. The highest BCUT2D eigenvalue weighted by Crippen LogP contribution is 2.25. The summed E-state index contributed by atoms with van der Waals surface area (Å²) >= 11 is 5.84. The van der Waals surface area contributed by atoms with Crippen LogP contribution in [0.1, 0.15) is 19.4 Å². The van der Waals surface area contributed by atoms with Gasteiger partial charge in [0.1, 0.15) is 6.04 Å². The van der Waals surface area contributed by atoms with Gasteiger partial charge in [0.2, 0.25) is 10.0 Å². The van der Waals surface area contributed by atoms with Crippen LogP contribution in [0.3, 0.4) is 0 Å². The Bertz CT molecular complexity index is 842. The van der Waals surface area contributed by atoms with Gasteiger partial charge in [-0.1, -0.05) is 31.5 Å². The lowest BCUT2D eigenvalue weighted by Gasteiger charge is -2.31. The lowest BCUT2D eigenvalue weighted by atomic mass is 10.0. The van der Waals surface area contributed by atoms with E-state index in [4.69, 9.17) is 16.8 Å². The number of hydrogen-bond acceptors (Lipinski definition) is 5. The summed E-state index contributed by atoms with van der Waals surface area (Å²) in [5.41, 5.74) is 2.18. The quantitative estimate of drug-likeness (QED) is 0.552. The Hall–Kier alpha value is -2.00. The standard InChI is InChI=1S/C17H20ClN3O4S/c1-12(2)16(17(22)20-23)21(11-13-4-3-9-19-10-13)26(24,25)15-7-5-14(18)6-8-15/h3-10,12,16,23H,11H2,1-2H3,(H,20,22)/t16-/m1/s1. The second-order valence-electron chi connectivity index (χ2n) is 6.03. The van der Waals surface area contributed by atoms with Crippen molar-refractivity contribution in [2.24, 2.45) is 5.92 Å². The molecule has 0 spiro atoms. The molecule has 0 aliphatic heterocycles. The number of sulfonamides is 1. The minimum Gasteiger partial charge on any atom is -0.289 e. The third-order valence-corrected chi connectivity index (χ3v) is 5.90. The summed E-state index contributed by atoms with van der Waals surface area (Å²) in [7, 11) is -4.04. The Morgan fingerprint density at radius 3 is 2.42 bits per heavy atom. The fourth-order valence-electron chi connectivity index (χ4n) is 2.58. The molecule has 0 fully saturated rings. The molecule has 0 unspecified atom stereocenters. The van der Waals surface area contributed by atoms with Gasteiger partial charge in [-0.05, 0) is 41.8 Å². The van der Waals surface area contributed by atoms with Gasteiger partial charge < -0.3 is 0 Å². The fourth-order valence-corrected chi connectivity index (χ4v) is 4.41. The van der Waals surface area contributed by atoms with E-state index in [1.54, 1.807) is 37.7 Å². The van der Waals surface area contributed by atoms with Crippen molar-refractivity contribution in [2.75, 3.05) is 0 Å². The second kappa shape index (κ2) is 8.59. The number of halogens is 1. The van der Waals surface area contributed by atoms with E-state index in [2.05, 4.69) is 4.98 Å². The molecule has 0 aliphatic rings. The van der Waals surface area contributed by atoms with Gasteiger partial charge in [-0.25, -0.2) is 13.9 Å². The molecule has 0 saturated carbocycles. The summed E-state index contributed by atoms with van der Waals surface area (Å²) in [6, 6.07) is 7.97. The van der Waals surface area contributed by atoms with E-state index in [1.807, 2.05) is 0 Å². The number of aromatic nitrogens is 1. The highest BCUT2D eigenvalue weighted by atomic mass is 35.5. The molecule has 0 saturated heterocycles. The molecule has 1 heterocycles. The summed E-state index contributed by atoms with van der Waals surface area (Å²) in [6.07, 6.45) is 3.10. The highest BCUT2D eigenvalue weighted by molar-refractivity contribution is 7.89. The van der Waals surface area contributed by atoms with Gasteiger partial charge >= 0.3 is 0 Å². The monoisotopic (exact) mass is 397 g/mol. The molecule has 1 aromatic heterocycles. The van der Waals surface area contributed by atoms with Gasteiger partial charge in [0.05, 0.1) is 4.90 Å². The summed E-state index contributed by atoms with van der Waals surface area (Å²) in [5.74, 6) is -1.19. The zero-order valence-corrected chi connectivity index (χ0v) is 15.9. The second-order valence-corrected chi connectivity index (χ2v) is 8.36. The maximum Gasteiger partial charge on any atom is 0.262 e. The van der Waals surface area contributed by atoms with E-state index in [0.29, 0.717) is 10.6 Å². The lowest BCUT2D eigenvalue weighted by Crippen LogP contribution is -2.51. The molecular formula is C17H20ClN3O4S. The molecule has 2 aromatic rings. The van der Waals surface area contributed by atoms with Crippen molar-refractivity contribution in [3.63, 3.8) is 0 Å². The van der Waals surface area contributed by atoms with Crippen molar-refractivity contribution in [3.05, 3.63) is 59.4 Å². The molecule has 2 N–H and O–H groups in total. The number of nitrogens with zero attached hydrogens (tertiary/aromatic N) is 2. The number of benzene rings is 1. The van der Waals surface area contributed by atoms with E-state index >= 15 is 0 Å². The number of nitrogens with one attached hydrogen (secondary N) is 1. The van der Waals surface area contributed by atoms with Crippen molar-refractivity contribution < 1.29 is 18.4 Å². The zero-order valence-electron chi connectivity index (χ0n) is 14.3. The summed E-state index contributed by atoms with van der Waals surface area (Å²) < 4.78 is 27.5. The van der Waals surface area contributed by atoms with E-state index in [0.717, 1.165) is 4.31 Å². The first kappa shape index (κ1) is 20.3. The molecular weight excluding hydrogens is 378 g/mol. The Morgan fingerprint density at radius 2 is 1.92 bits per heavy atom. The van der Waals surface area contributed by atoms with Gasteiger partial charge in [-0.2, -0.15) is 4.31 Å². The zero-order chi connectivity index (χ0) is 19.3. The third kappa shape index (κ3) is 4.59. The topological polar surface area (TPSA) is 99.6 Å². The van der Waals surface area contributed by atoms with Crippen LogP contribution in [0.4, 0.5) is 0 Å². The molecule has 0 aliphatic carbocycles. The maximum atomic E-state index is 13.2. The number of hydrogen-bond donors (Lipinski definition) is 2. The van der Waals surface area contributed by atoms with Crippen LogP contribution >= 0.6 is 11.6 Å². The predicted octanol–water partition coefficient (Wildman–Crippen LogP) is 2.46. The summed E-state index contributed by atoms with van der Waals surface area (Å²) in [5, 5.41) is 9.49. The number of pyridine rings is 1. The van der Waals surface area contributed by atoms with Crippen LogP contribution in [0, 0.1) is 5.92 Å². The van der Waals surface area contributed by atoms with Crippen LogP contribution in [-0.2, 0) is 21.4 Å². The van der Waals surface area contributed by atoms with E-state index in [-0.39, 0.29) is 17.4 Å². The highest BCUT2D eigenvalue weighted by Gasteiger charge is 2.38. The molecule has 0 bridgehead atoms. The van der Waals surface area contributed by atoms with Gasteiger partial charge in [0.25, 0.3) is 5.91 Å². The number of carbonyl (C=O) groups excluding carboxylic acids is 1. The first-order chi connectivity index (χ1) is 12.3. The minimum absolute atomic E-state index is 0.00202. The van der Waals surface area contributed by atoms with E-state index in [9.17, 15) is 13.2 Å². The molecule has 1 atom stereocenters. The van der Waals surface area contributed by atoms with E-state index < -0.39 is 22.0 Å². The molecule has 1 amide bonds. The minimum atomic E-state index is -4.04. The Balaban J connectivity index is 2.54. The number of carbonyl (C=O) groups is 1. The van der Waals surface area contributed by atoms with Crippen molar-refractivity contribution in [2.45, 2.75) is 31.3 Å². The molecule has 9 heteroatoms. The first-order valence-electron chi connectivity index (χ1n) is 7.87. The van der Waals surface area contributed by atoms with Crippen molar-refractivity contribution >= 4 is 27.5 Å². The number of hydroxylamine groups is 1. The van der Waals surface area contributed by atoms with Gasteiger partial charge in [-0.15, -0.1) is 0 Å². The van der Waals surface area contributed by atoms with Crippen LogP contribution in [0.15, 0.2) is 53.7 Å². The average molecular weight is 398 g/mol. The smallest absolute Gasteiger partial charge is 0.262 e. The molecule has 26 heavy (non-hydrogen) atoms. The summed E-state index contributed by atoms with van der Waals surface area (Å²) in [6.45, 7) is 3.33. The van der Waals surface area contributed by atoms with E-state index in [1.165, 1.54) is 30.5 Å². The SMILES string of the molecule is CC(C)[C@H](C(=O)NO)N(Cc1cccnc1)S(=O)(=O)c1ccc(Cl)cc1. The molecule has 1 aromatic carbocycles.